The molecule has 20 heavy (non-hydrogen) atoms. The zero-order valence-electron chi connectivity index (χ0n) is 12.4. The summed E-state index contributed by atoms with van der Waals surface area (Å²) < 4.78 is 10.9. The van der Waals surface area contributed by atoms with Crippen LogP contribution < -0.4 is 5.73 Å². The van der Waals surface area contributed by atoms with Gasteiger partial charge < -0.3 is 20.1 Å². The number of ether oxygens (including phenoxy) is 2. The van der Waals surface area contributed by atoms with Gasteiger partial charge in [0.1, 0.15) is 0 Å². The minimum Gasteiger partial charge on any atom is -0.376 e. The zero-order valence-corrected chi connectivity index (χ0v) is 12.4. The Hall–Kier alpha value is -0.650. The van der Waals surface area contributed by atoms with Crippen LogP contribution in [-0.2, 0) is 14.3 Å². The van der Waals surface area contributed by atoms with Crippen LogP contribution in [0.3, 0.4) is 0 Å². The third-order valence-electron chi connectivity index (χ3n) is 4.24. The lowest BCUT2D eigenvalue weighted by molar-refractivity contribution is -0.160. The molecule has 2 fully saturated rings. The van der Waals surface area contributed by atoms with Gasteiger partial charge in [0.05, 0.1) is 19.8 Å². The van der Waals surface area contributed by atoms with Crippen molar-refractivity contribution in [3.63, 3.8) is 0 Å². The van der Waals surface area contributed by atoms with Gasteiger partial charge in [0.25, 0.3) is 5.91 Å². The maximum absolute atomic E-state index is 12.7. The lowest BCUT2D eigenvalue weighted by atomic mass is 10.1. The third-order valence-corrected chi connectivity index (χ3v) is 4.24. The molecule has 1 unspecified atom stereocenters. The minimum atomic E-state index is -0.412. The van der Waals surface area contributed by atoms with Gasteiger partial charge in [-0.05, 0) is 25.8 Å². The van der Waals surface area contributed by atoms with Gasteiger partial charge >= 0.3 is 0 Å². The van der Waals surface area contributed by atoms with E-state index in [1.165, 1.54) is 25.7 Å². The molecule has 1 aliphatic carbocycles. The molecule has 0 bridgehead atoms. The van der Waals surface area contributed by atoms with E-state index in [9.17, 15) is 4.79 Å². The standard InChI is InChI=1S/C15H28N2O3/c16-8-5-9-17(13-6-3-1-2-4-7-13)15(18)14-12-19-10-11-20-14/h13-14H,1-12,16H2. The van der Waals surface area contributed by atoms with E-state index in [4.69, 9.17) is 15.2 Å². The predicted octanol–water partition coefficient (Wildman–Crippen LogP) is 1.30. The molecule has 0 aromatic carbocycles. The molecule has 2 N–H and O–H groups in total. The van der Waals surface area contributed by atoms with Crippen molar-refractivity contribution in [3.05, 3.63) is 0 Å². The van der Waals surface area contributed by atoms with Crippen molar-refractivity contribution in [1.29, 1.82) is 0 Å². The van der Waals surface area contributed by atoms with Crippen molar-refractivity contribution < 1.29 is 14.3 Å². The fraction of sp³-hybridized carbons (Fsp3) is 0.933. The van der Waals surface area contributed by atoms with E-state index in [0.29, 0.717) is 32.4 Å². The van der Waals surface area contributed by atoms with Crippen LogP contribution in [0.2, 0.25) is 0 Å². The van der Waals surface area contributed by atoms with Crippen molar-refractivity contribution in [1.82, 2.24) is 4.90 Å². The van der Waals surface area contributed by atoms with Crippen molar-refractivity contribution >= 4 is 5.91 Å². The first-order chi connectivity index (χ1) is 9.83. The second kappa shape index (κ2) is 8.60. The Morgan fingerprint density at radius 2 is 1.90 bits per heavy atom. The second-order valence-corrected chi connectivity index (χ2v) is 5.75. The minimum absolute atomic E-state index is 0.102. The number of hydrogen-bond donors (Lipinski definition) is 1. The van der Waals surface area contributed by atoms with Gasteiger partial charge in [0, 0.05) is 12.6 Å². The third kappa shape index (κ3) is 4.43. The summed E-state index contributed by atoms with van der Waals surface area (Å²) in [5.74, 6) is 0.102. The SMILES string of the molecule is NCCCN(C(=O)C1COCCO1)C1CCCCCC1. The summed E-state index contributed by atoms with van der Waals surface area (Å²) in [6.45, 7) is 2.88. The number of nitrogens with zero attached hydrogens (tertiary/aromatic N) is 1. The van der Waals surface area contributed by atoms with E-state index in [0.717, 1.165) is 25.8 Å². The number of carbonyl (C=O) groups is 1. The van der Waals surface area contributed by atoms with Crippen LogP contribution in [0.25, 0.3) is 0 Å². The maximum atomic E-state index is 12.7. The molecule has 1 saturated carbocycles. The highest BCUT2D eigenvalue weighted by Gasteiger charge is 2.31. The summed E-state index contributed by atoms with van der Waals surface area (Å²) in [6, 6.07) is 0.363. The Balaban J connectivity index is 1.98. The topological polar surface area (TPSA) is 64.8 Å². The predicted molar refractivity (Wildman–Crippen MR) is 77.4 cm³/mol. The first-order valence-corrected chi connectivity index (χ1v) is 8.03. The molecular weight excluding hydrogens is 256 g/mol. The molecule has 116 valence electrons. The number of hydrogen-bond acceptors (Lipinski definition) is 4. The van der Waals surface area contributed by atoms with E-state index in [-0.39, 0.29) is 5.91 Å². The van der Waals surface area contributed by atoms with Gasteiger partial charge in [-0.15, -0.1) is 0 Å². The van der Waals surface area contributed by atoms with Gasteiger partial charge in [-0.3, -0.25) is 4.79 Å². The van der Waals surface area contributed by atoms with Crippen LogP contribution in [0.4, 0.5) is 0 Å². The fourth-order valence-electron chi connectivity index (χ4n) is 3.12. The molecule has 0 radical (unpaired) electrons. The zero-order chi connectivity index (χ0) is 14.2. The van der Waals surface area contributed by atoms with Crippen LogP contribution in [-0.4, -0.2) is 55.9 Å². The Bertz CT molecular complexity index is 285. The first kappa shape index (κ1) is 15.7. The number of rotatable bonds is 5. The molecule has 2 aliphatic rings. The van der Waals surface area contributed by atoms with Crippen LogP contribution in [0.1, 0.15) is 44.9 Å². The summed E-state index contributed by atoms with van der Waals surface area (Å²) in [5.41, 5.74) is 5.62. The van der Waals surface area contributed by atoms with Gasteiger partial charge in [-0.1, -0.05) is 25.7 Å². The largest absolute Gasteiger partial charge is 0.376 e. The molecule has 0 aromatic rings. The molecule has 1 atom stereocenters. The van der Waals surface area contributed by atoms with Gasteiger partial charge in [-0.2, -0.15) is 0 Å². The summed E-state index contributed by atoms with van der Waals surface area (Å²) >= 11 is 0. The van der Waals surface area contributed by atoms with Crippen molar-refractivity contribution in [2.45, 2.75) is 57.1 Å². The lowest BCUT2D eigenvalue weighted by Gasteiger charge is -2.35. The molecular formula is C15H28N2O3. The highest BCUT2D eigenvalue weighted by molar-refractivity contribution is 5.81. The van der Waals surface area contributed by atoms with E-state index < -0.39 is 6.10 Å². The number of amides is 1. The van der Waals surface area contributed by atoms with E-state index in [1.807, 2.05) is 4.90 Å². The van der Waals surface area contributed by atoms with Gasteiger partial charge in [0.2, 0.25) is 0 Å². The smallest absolute Gasteiger partial charge is 0.254 e. The molecule has 0 aromatic heterocycles. The van der Waals surface area contributed by atoms with Crippen molar-refractivity contribution in [2.75, 3.05) is 32.9 Å². The highest BCUT2D eigenvalue weighted by Crippen LogP contribution is 2.23. The monoisotopic (exact) mass is 284 g/mol. The molecule has 1 heterocycles. The van der Waals surface area contributed by atoms with Crippen LogP contribution in [0.5, 0.6) is 0 Å². The normalized spacial score (nSPS) is 25.1. The van der Waals surface area contributed by atoms with Gasteiger partial charge in [0.15, 0.2) is 6.10 Å². The first-order valence-electron chi connectivity index (χ1n) is 8.03. The Morgan fingerprint density at radius 3 is 2.50 bits per heavy atom. The molecule has 1 aliphatic heterocycles. The van der Waals surface area contributed by atoms with Crippen molar-refractivity contribution in [3.8, 4) is 0 Å². The average molecular weight is 284 g/mol. The fourth-order valence-corrected chi connectivity index (χ4v) is 3.12. The van der Waals surface area contributed by atoms with Crippen molar-refractivity contribution in [2.24, 2.45) is 5.73 Å². The molecule has 5 heteroatoms. The Morgan fingerprint density at radius 1 is 1.15 bits per heavy atom. The maximum Gasteiger partial charge on any atom is 0.254 e. The molecule has 5 nitrogen and oxygen atoms in total. The summed E-state index contributed by atoms with van der Waals surface area (Å²) in [4.78, 5) is 14.7. The molecule has 2 rings (SSSR count). The average Bonchev–Trinajstić information content (AvgIpc) is 2.77. The highest BCUT2D eigenvalue weighted by atomic mass is 16.6. The quantitative estimate of drug-likeness (QED) is 0.773. The number of carbonyl (C=O) groups excluding carboxylic acids is 1. The van der Waals surface area contributed by atoms with Crippen LogP contribution in [0, 0.1) is 0 Å². The Labute approximate surface area is 121 Å². The second-order valence-electron chi connectivity index (χ2n) is 5.75. The molecule has 0 spiro atoms. The van der Waals surface area contributed by atoms with Crippen LogP contribution in [0.15, 0.2) is 0 Å². The molecule has 1 saturated heterocycles. The van der Waals surface area contributed by atoms with E-state index in [1.54, 1.807) is 0 Å². The lowest BCUT2D eigenvalue weighted by Crippen LogP contribution is -2.50. The van der Waals surface area contributed by atoms with E-state index in [2.05, 4.69) is 0 Å². The molecule has 1 amide bonds. The van der Waals surface area contributed by atoms with Crippen LogP contribution >= 0.6 is 0 Å². The summed E-state index contributed by atoms with van der Waals surface area (Å²) in [6.07, 6.45) is 7.70. The van der Waals surface area contributed by atoms with E-state index >= 15 is 0 Å². The summed E-state index contributed by atoms with van der Waals surface area (Å²) in [7, 11) is 0. The van der Waals surface area contributed by atoms with Gasteiger partial charge in [-0.25, -0.2) is 0 Å². The number of nitrogens with two attached hydrogens (primary N) is 1. The Kier molecular flexibility index (Phi) is 6.76. The summed E-state index contributed by atoms with van der Waals surface area (Å²) in [5, 5.41) is 0.